The fourth-order valence-electron chi connectivity index (χ4n) is 2.92. The van der Waals surface area contributed by atoms with E-state index in [1.807, 2.05) is 0 Å². The first-order chi connectivity index (χ1) is 14.6. The Kier molecular flexibility index (Phi) is 5.53. The Bertz CT molecular complexity index is 1260. The molecule has 0 unspecified atom stereocenters. The molecule has 0 N–H and O–H groups in total. The van der Waals surface area contributed by atoms with Gasteiger partial charge < -0.3 is 9.47 Å². The van der Waals surface area contributed by atoms with Crippen LogP contribution < -0.4 is 15.0 Å². The molecule has 2 heterocycles. The van der Waals surface area contributed by atoms with Gasteiger partial charge in [0.05, 0.1) is 25.7 Å². The van der Waals surface area contributed by atoms with Gasteiger partial charge in [0, 0.05) is 24.0 Å². The van der Waals surface area contributed by atoms with Gasteiger partial charge in [0.15, 0.2) is 10.9 Å². The van der Waals surface area contributed by atoms with E-state index in [0.717, 1.165) is 0 Å². The second-order valence-corrected chi connectivity index (χ2v) is 7.23. The van der Waals surface area contributed by atoms with Crippen LogP contribution in [-0.2, 0) is 0 Å². The van der Waals surface area contributed by atoms with Crippen molar-refractivity contribution in [3.05, 3.63) is 76.8 Å². The zero-order valence-electron chi connectivity index (χ0n) is 16.3. The Morgan fingerprint density at radius 3 is 2.50 bits per heavy atom. The van der Waals surface area contributed by atoms with Gasteiger partial charge in [0.1, 0.15) is 11.5 Å². The highest BCUT2D eigenvalue weighted by Gasteiger charge is 2.14. The first-order valence-corrected chi connectivity index (χ1v) is 10.00. The molecule has 0 aliphatic rings. The Labute approximate surface area is 176 Å². The number of Topliss-reactive ketones (excluding diaryl/α,β-unsaturated/α-hetero) is 1. The van der Waals surface area contributed by atoms with E-state index < -0.39 is 0 Å². The van der Waals surface area contributed by atoms with E-state index in [1.54, 1.807) is 79.5 Å². The van der Waals surface area contributed by atoms with Crippen LogP contribution in [0.25, 0.3) is 11.3 Å². The van der Waals surface area contributed by atoms with E-state index in [2.05, 4.69) is 10.2 Å². The van der Waals surface area contributed by atoms with E-state index in [-0.39, 0.29) is 22.7 Å². The molecule has 9 heteroatoms. The average molecular weight is 422 g/mol. The highest BCUT2D eigenvalue weighted by Crippen LogP contribution is 2.20. The predicted octanol–water partition coefficient (Wildman–Crippen LogP) is 2.87. The molecule has 0 atom stereocenters. The third-order valence-corrected chi connectivity index (χ3v) is 5.46. The summed E-state index contributed by atoms with van der Waals surface area (Å²) in [6, 6.07) is 14.1. The van der Waals surface area contributed by atoms with Crippen molar-refractivity contribution in [2.45, 2.75) is 5.16 Å². The van der Waals surface area contributed by atoms with Crippen LogP contribution >= 0.6 is 11.8 Å². The average Bonchev–Trinajstić information content (AvgIpc) is 3.21. The highest BCUT2D eigenvalue weighted by molar-refractivity contribution is 7.99. The lowest BCUT2D eigenvalue weighted by Crippen LogP contribution is -2.20. The largest absolute Gasteiger partial charge is 0.497 e. The molecule has 0 saturated heterocycles. The minimum Gasteiger partial charge on any atom is -0.497 e. The molecule has 0 spiro atoms. The topological polar surface area (TPSA) is 87.7 Å². The molecule has 0 aliphatic heterocycles. The molecule has 2 aromatic heterocycles. The summed E-state index contributed by atoms with van der Waals surface area (Å²) in [6.45, 7) is 0. The summed E-state index contributed by atoms with van der Waals surface area (Å²) in [5.74, 6) is 1.46. The summed E-state index contributed by atoms with van der Waals surface area (Å²) in [5, 5.41) is 8.58. The van der Waals surface area contributed by atoms with Crippen LogP contribution in [0, 0.1) is 0 Å². The Morgan fingerprint density at radius 2 is 1.77 bits per heavy atom. The summed E-state index contributed by atoms with van der Waals surface area (Å²) >= 11 is 1.23. The SMILES string of the molecule is COc1ccc(C(=O)CSc2nnc3c(=O)n(-c4cccc(OC)c4)ccn23)cc1. The fourth-order valence-corrected chi connectivity index (χ4v) is 3.73. The molecule has 0 saturated carbocycles. The van der Waals surface area contributed by atoms with E-state index >= 15 is 0 Å². The van der Waals surface area contributed by atoms with Gasteiger partial charge in [0.2, 0.25) is 5.65 Å². The van der Waals surface area contributed by atoms with Crippen molar-refractivity contribution in [3.63, 3.8) is 0 Å². The number of carbonyl (C=O) groups is 1. The predicted molar refractivity (Wildman–Crippen MR) is 113 cm³/mol. The number of thioether (sulfide) groups is 1. The van der Waals surface area contributed by atoms with E-state index in [1.165, 1.54) is 16.3 Å². The number of carbonyl (C=O) groups excluding carboxylic acids is 1. The van der Waals surface area contributed by atoms with Gasteiger partial charge in [-0.2, -0.15) is 0 Å². The second kappa shape index (κ2) is 8.42. The van der Waals surface area contributed by atoms with Gasteiger partial charge in [-0.05, 0) is 36.4 Å². The highest BCUT2D eigenvalue weighted by atomic mass is 32.2. The van der Waals surface area contributed by atoms with Crippen molar-refractivity contribution in [1.82, 2.24) is 19.2 Å². The number of methoxy groups -OCH3 is 2. The molecule has 8 nitrogen and oxygen atoms in total. The van der Waals surface area contributed by atoms with Gasteiger partial charge in [-0.25, -0.2) is 0 Å². The molecule has 0 bridgehead atoms. The van der Waals surface area contributed by atoms with Gasteiger partial charge >= 0.3 is 5.56 Å². The zero-order chi connectivity index (χ0) is 21.1. The number of hydrogen-bond donors (Lipinski definition) is 0. The maximum absolute atomic E-state index is 12.9. The molecule has 0 aliphatic carbocycles. The quantitative estimate of drug-likeness (QED) is 0.334. The Hall–Kier alpha value is -3.59. The van der Waals surface area contributed by atoms with Gasteiger partial charge in [-0.1, -0.05) is 17.8 Å². The molecule has 2 aromatic carbocycles. The smallest absolute Gasteiger partial charge is 0.300 e. The van der Waals surface area contributed by atoms with E-state index in [9.17, 15) is 9.59 Å². The number of ether oxygens (including phenoxy) is 2. The second-order valence-electron chi connectivity index (χ2n) is 6.29. The van der Waals surface area contributed by atoms with E-state index in [0.29, 0.717) is 27.9 Å². The molecule has 0 fully saturated rings. The first kappa shape index (κ1) is 19.7. The number of ketones is 1. The zero-order valence-corrected chi connectivity index (χ0v) is 17.1. The van der Waals surface area contributed by atoms with Crippen LogP contribution in [0.1, 0.15) is 10.4 Å². The van der Waals surface area contributed by atoms with Crippen molar-refractivity contribution in [3.8, 4) is 17.2 Å². The molecular weight excluding hydrogens is 404 g/mol. The molecule has 0 amide bonds. The molecule has 4 rings (SSSR count). The normalized spacial score (nSPS) is 10.9. The summed E-state index contributed by atoms with van der Waals surface area (Å²) in [5.41, 5.74) is 1.11. The number of rotatable bonds is 7. The number of benzene rings is 2. The summed E-state index contributed by atoms with van der Waals surface area (Å²) in [4.78, 5) is 25.3. The van der Waals surface area contributed by atoms with Crippen LogP contribution in [0.5, 0.6) is 11.5 Å². The lowest BCUT2D eigenvalue weighted by molar-refractivity contribution is 0.102. The third kappa shape index (κ3) is 3.79. The maximum atomic E-state index is 12.9. The minimum atomic E-state index is -0.313. The van der Waals surface area contributed by atoms with Crippen LogP contribution in [-0.4, -0.2) is 44.9 Å². The summed E-state index contributed by atoms with van der Waals surface area (Å²) in [7, 11) is 3.14. The molecular formula is C21H18N4O4S. The summed E-state index contributed by atoms with van der Waals surface area (Å²) < 4.78 is 13.4. The van der Waals surface area contributed by atoms with Crippen molar-refractivity contribution in [2.24, 2.45) is 0 Å². The first-order valence-electron chi connectivity index (χ1n) is 9.01. The summed E-state index contributed by atoms with van der Waals surface area (Å²) in [6.07, 6.45) is 3.35. The van der Waals surface area contributed by atoms with Gasteiger partial charge in [0.25, 0.3) is 0 Å². The van der Waals surface area contributed by atoms with Crippen LogP contribution in [0.2, 0.25) is 0 Å². The Balaban J connectivity index is 1.56. The van der Waals surface area contributed by atoms with Crippen molar-refractivity contribution < 1.29 is 14.3 Å². The molecule has 4 aromatic rings. The van der Waals surface area contributed by atoms with Crippen LogP contribution in [0.3, 0.4) is 0 Å². The number of fused-ring (bicyclic) bond motifs is 1. The Morgan fingerprint density at radius 1 is 1.00 bits per heavy atom. The number of hydrogen-bond acceptors (Lipinski definition) is 7. The van der Waals surface area contributed by atoms with E-state index in [4.69, 9.17) is 9.47 Å². The minimum absolute atomic E-state index is 0.0517. The fraction of sp³-hybridized carbons (Fsp3) is 0.143. The van der Waals surface area contributed by atoms with Gasteiger partial charge in [-0.15, -0.1) is 10.2 Å². The van der Waals surface area contributed by atoms with Crippen LogP contribution in [0.4, 0.5) is 0 Å². The van der Waals surface area contributed by atoms with Crippen molar-refractivity contribution >= 4 is 23.2 Å². The number of aromatic nitrogens is 4. The van der Waals surface area contributed by atoms with Crippen molar-refractivity contribution in [1.29, 1.82) is 0 Å². The maximum Gasteiger partial charge on any atom is 0.300 e. The standard InChI is InChI=1S/C21H18N4O4S/c1-28-16-8-6-14(7-9-16)18(26)13-30-21-23-22-19-20(27)24(10-11-25(19)21)15-4-3-5-17(12-15)29-2/h3-12H,13H2,1-2H3. The third-order valence-electron chi connectivity index (χ3n) is 4.52. The molecule has 152 valence electrons. The lowest BCUT2D eigenvalue weighted by Gasteiger charge is -2.08. The lowest BCUT2D eigenvalue weighted by atomic mass is 10.1. The number of nitrogens with zero attached hydrogens (tertiary/aromatic N) is 4. The van der Waals surface area contributed by atoms with Crippen LogP contribution in [0.15, 0.2) is 70.9 Å². The molecule has 30 heavy (non-hydrogen) atoms. The molecule has 0 radical (unpaired) electrons. The monoisotopic (exact) mass is 422 g/mol. The van der Waals surface area contributed by atoms with Gasteiger partial charge in [-0.3, -0.25) is 18.6 Å². The van der Waals surface area contributed by atoms with Crippen molar-refractivity contribution in [2.75, 3.05) is 20.0 Å².